The Balaban J connectivity index is 1.70. The van der Waals surface area contributed by atoms with Gasteiger partial charge in [0, 0.05) is 21.7 Å². The van der Waals surface area contributed by atoms with Gasteiger partial charge in [-0.05, 0) is 48.0 Å². The van der Waals surface area contributed by atoms with Crippen LogP contribution in [0.25, 0.3) is 5.69 Å². The Morgan fingerprint density at radius 1 is 1.05 bits per heavy atom. The predicted octanol–water partition coefficient (Wildman–Crippen LogP) is 4.30. The van der Waals surface area contributed by atoms with Gasteiger partial charge in [0.1, 0.15) is 0 Å². The number of anilines is 1. The van der Waals surface area contributed by atoms with Gasteiger partial charge in [0.25, 0.3) is 0 Å². The van der Waals surface area contributed by atoms with Crippen molar-refractivity contribution in [3.63, 3.8) is 0 Å². The lowest BCUT2D eigenvalue weighted by Gasteiger charge is -2.09. The third-order valence-corrected chi connectivity index (χ3v) is 4.02. The van der Waals surface area contributed by atoms with E-state index in [9.17, 15) is 0 Å². The summed E-state index contributed by atoms with van der Waals surface area (Å²) in [5.74, 6) is 0. The fraction of sp³-hybridized carbons (Fsp3) is 0.0667. The van der Waals surface area contributed by atoms with Gasteiger partial charge in [-0.25, -0.2) is 0 Å². The minimum absolute atomic E-state index is 0.695. The van der Waals surface area contributed by atoms with E-state index in [1.807, 2.05) is 42.5 Å². The fourth-order valence-corrected chi connectivity index (χ4v) is 2.52. The van der Waals surface area contributed by atoms with Crippen molar-refractivity contribution in [1.82, 2.24) is 15.0 Å². The molecule has 3 aromatic rings. The topological polar surface area (TPSA) is 42.7 Å². The van der Waals surface area contributed by atoms with Crippen LogP contribution in [0.15, 0.2) is 59.3 Å². The lowest BCUT2D eigenvalue weighted by molar-refractivity contribution is 0.752. The Hall–Kier alpha value is -1.85. The van der Waals surface area contributed by atoms with E-state index < -0.39 is 0 Å². The summed E-state index contributed by atoms with van der Waals surface area (Å²) in [5, 5.41) is 12.3. The molecule has 0 bridgehead atoms. The Morgan fingerprint density at radius 3 is 2.48 bits per heavy atom. The van der Waals surface area contributed by atoms with Crippen LogP contribution in [0.1, 0.15) is 5.56 Å². The molecule has 21 heavy (non-hydrogen) atoms. The third kappa shape index (κ3) is 3.43. The lowest BCUT2D eigenvalue weighted by Crippen LogP contribution is -2.02. The molecular formula is C15H12BrClN4. The Bertz CT molecular complexity index is 726. The molecule has 0 atom stereocenters. The number of aromatic nitrogens is 3. The Morgan fingerprint density at radius 2 is 1.76 bits per heavy atom. The maximum atomic E-state index is 6.01. The maximum Gasteiger partial charge on any atom is 0.0858 e. The van der Waals surface area contributed by atoms with Crippen LogP contribution < -0.4 is 5.32 Å². The van der Waals surface area contributed by atoms with Crippen molar-refractivity contribution in [2.75, 3.05) is 5.32 Å². The van der Waals surface area contributed by atoms with Gasteiger partial charge in [-0.3, -0.25) is 0 Å². The smallest absolute Gasteiger partial charge is 0.0858 e. The van der Waals surface area contributed by atoms with Crippen LogP contribution in [0.3, 0.4) is 0 Å². The largest absolute Gasteiger partial charge is 0.381 e. The van der Waals surface area contributed by atoms with Gasteiger partial charge >= 0.3 is 0 Å². The SMILES string of the molecule is Clc1ccc(Br)c(CNc2ccc(-n3nccn3)cc2)c1. The average Bonchev–Trinajstić information content (AvgIpc) is 3.03. The predicted molar refractivity (Wildman–Crippen MR) is 87.8 cm³/mol. The van der Waals surface area contributed by atoms with Gasteiger partial charge in [-0.2, -0.15) is 15.0 Å². The van der Waals surface area contributed by atoms with Crippen molar-refractivity contribution in [3.8, 4) is 5.69 Å². The molecule has 0 spiro atoms. The number of nitrogens with zero attached hydrogens (tertiary/aromatic N) is 3. The van der Waals surface area contributed by atoms with Gasteiger partial charge in [-0.15, -0.1) is 0 Å². The van der Waals surface area contributed by atoms with Gasteiger partial charge < -0.3 is 5.32 Å². The van der Waals surface area contributed by atoms with E-state index in [4.69, 9.17) is 11.6 Å². The molecule has 1 heterocycles. The summed E-state index contributed by atoms with van der Waals surface area (Å²) in [6.07, 6.45) is 3.31. The van der Waals surface area contributed by atoms with E-state index in [0.29, 0.717) is 6.54 Å². The van der Waals surface area contributed by atoms with E-state index in [-0.39, 0.29) is 0 Å². The monoisotopic (exact) mass is 362 g/mol. The van der Waals surface area contributed by atoms with Crippen LogP contribution in [0, 0.1) is 0 Å². The molecule has 0 aliphatic rings. The molecule has 106 valence electrons. The molecule has 6 heteroatoms. The fourth-order valence-electron chi connectivity index (χ4n) is 1.94. The van der Waals surface area contributed by atoms with E-state index in [2.05, 4.69) is 31.4 Å². The molecule has 0 amide bonds. The average molecular weight is 364 g/mol. The normalized spacial score (nSPS) is 10.6. The number of benzene rings is 2. The summed E-state index contributed by atoms with van der Waals surface area (Å²) in [6, 6.07) is 13.7. The summed E-state index contributed by atoms with van der Waals surface area (Å²) in [6.45, 7) is 0.695. The second kappa shape index (κ2) is 6.28. The van der Waals surface area contributed by atoms with Crippen molar-refractivity contribution >= 4 is 33.2 Å². The first kappa shape index (κ1) is 14.1. The number of rotatable bonds is 4. The van der Waals surface area contributed by atoms with Crippen LogP contribution in [0.2, 0.25) is 5.02 Å². The summed E-state index contributed by atoms with van der Waals surface area (Å²) >= 11 is 9.53. The zero-order chi connectivity index (χ0) is 14.7. The van der Waals surface area contributed by atoms with Gasteiger partial charge in [0.2, 0.25) is 0 Å². The Labute approximate surface area is 135 Å². The minimum atomic E-state index is 0.695. The highest BCUT2D eigenvalue weighted by atomic mass is 79.9. The highest BCUT2D eigenvalue weighted by molar-refractivity contribution is 9.10. The highest BCUT2D eigenvalue weighted by Gasteiger charge is 2.02. The standard InChI is InChI=1S/C15H12BrClN4/c16-15-6-1-12(17)9-11(15)10-18-13-2-4-14(5-3-13)21-19-7-8-20-21/h1-9,18H,10H2. The maximum absolute atomic E-state index is 6.01. The second-order valence-corrected chi connectivity index (χ2v) is 5.75. The van der Waals surface area contributed by atoms with E-state index >= 15 is 0 Å². The summed E-state index contributed by atoms with van der Waals surface area (Å²) in [7, 11) is 0. The summed E-state index contributed by atoms with van der Waals surface area (Å²) < 4.78 is 1.04. The molecule has 0 saturated carbocycles. The minimum Gasteiger partial charge on any atom is -0.381 e. The molecule has 0 aliphatic heterocycles. The zero-order valence-electron chi connectivity index (χ0n) is 11.0. The van der Waals surface area contributed by atoms with Crippen molar-refractivity contribution in [2.24, 2.45) is 0 Å². The first-order valence-corrected chi connectivity index (χ1v) is 7.54. The van der Waals surface area contributed by atoms with E-state index in [1.165, 1.54) is 0 Å². The molecule has 4 nitrogen and oxygen atoms in total. The molecule has 0 saturated heterocycles. The van der Waals surface area contributed by atoms with Crippen molar-refractivity contribution in [3.05, 3.63) is 69.9 Å². The van der Waals surface area contributed by atoms with Crippen LogP contribution in [-0.2, 0) is 6.54 Å². The molecule has 0 unspecified atom stereocenters. The lowest BCUT2D eigenvalue weighted by atomic mass is 10.2. The van der Waals surface area contributed by atoms with Crippen molar-refractivity contribution in [1.29, 1.82) is 0 Å². The van der Waals surface area contributed by atoms with Crippen molar-refractivity contribution in [2.45, 2.75) is 6.54 Å². The molecule has 1 N–H and O–H groups in total. The molecule has 2 aromatic carbocycles. The molecular weight excluding hydrogens is 352 g/mol. The molecule has 1 aromatic heterocycles. The van der Waals surface area contributed by atoms with Gasteiger partial charge in [0.15, 0.2) is 0 Å². The van der Waals surface area contributed by atoms with Crippen LogP contribution in [0.4, 0.5) is 5.69 Å². The molecule has 0 radical (unpaired) electrons. The van der Waals surface area contributed by atoms with Gasteiger partial charge in [0.05, 0.1) is 18.1 Å². The highest BCUT2D eigenvalue weighted by Crippen LogP contribution is 2.22. The number of hydrogen-bond acceptors (Lipinski definition) is 3. The first-order chi connectivity index (χ1) is 10.2. The van der Waals surface area contributed by atoms with Crippen molar-refractivity contribution < 1.29 is 0 Å². The number of halogens is 2. The first-order valence-electron chi connectivity index (χ1n) is 6.37. The van der Waals surface area contributed by atoms with Crippen LogP contribution in [0.5, 0.6) is 0 Å². The van der Waals surface area contributed by atoms with Crippen LogP contribution in [-0.4, -0.2) is 15.0 Å². The van der Waals surface area contributed by atoms with E-state index in [0.717, 1.165) is 26.4 Å². The van der Waals surface area contributed by atoms with Crippen LogP contribution >= 0.6 is 27.5 Å². The summed E-state index contributed by atoms with van der Waals surface area (Å²) in [5.41, 5.74) is 3.06. The number of nitrogens with one attached hydrogen (secondary N) is 1. The van der Waals surface area contributed by atoms with E-state index in [1.54, 1.807) is 17.2 Å². The second-order valence-electron chi connectivity index (χ2n) is 4.45. The third-order valence-electron chi connectivity index (χ3n) is 3.01. The molecule has 0 aliphatic carbocycles. The zero-order valence-corrected chi connectivity index (χ0v) is 13.3. The van der Waals surface area contributed by atoms with Gasteiger partial charge in [-0.1, -0.05) is 27.5 Å². The Kier molecular flexibility index (Phi) is 4.22. The molecule has 3 rings (SSSR count). The number of hydrogen-bond donors (Lipinski definition) is 1. The summed E-state index contributed by atoms with van der Waals surface area (Å²) in [4.78, 5) is 1.58. The quantitative estimate of drug-likeness (QED) is 0.751. The molecule has 0 fully saturated rings.